The summed E-state index contributed by atoms with van der Waals surface area (Å²) in [6.07, 6.45) is 6.94. The smallest absolute Gasteiger partial charge is 0.00674 e. The van der Waals surface area contributed by atoms with Gasteiger partial charge in [-0.2, -0.15) is 0 Å². The van der Waals surface area contributed by atoms with Crippen molar-refractivity contribution in [2.24, 2.45) is 16.7 Å². The summed E-state index contributed by atoms with van der Waals surface area (Å²) in [5, 5.41) is 3.85. The van der Waals surface area contributed by atoms with Crippen LogP contribution in [0, 0.1) is 16.7 Å². The zero-order chi connectivity index (χ0) is 15.4. The van der Waals surface area contributed by atoms with E-state index in [0.29, 0.717) is 10.8 Å². The van der Waals surface area contributed by atoms with E-state index in [1.54, 1.807) is 0 Å². The van der Waals surface area contributed by atoms with Gasteiger partial charge in [0.2, 0.25) is 0 Å². The molecule has 1 rings (SSSR count). The van der Waals surface area contributed by atoms with E-state index in [9.17, 15) is 0 Å². The Kier molecular flexibility index (Phi) is 6.53. The van der Waals surface area contributed by atoms with Crippen molar-refractivity contribution in [3.05, 3.63) is 0 Å². The molecule has 1 saturated carbocycles. The van der Waals surface area contributed by atoms with Crippen LogP contribution in [-0.2, 0) is 0 Å². The van der Waals surface area contributed by atoms with E-state index < -0.39 is 0 Å². The molecule has 1 aliphatic carbocycles. The SMILES string of the molecule is CN(C)CC(C)(C)CNC1CCCC(C(C)(C)C)CC1. The van der Waals surface area contributed by atoms with Gasteiger partial charge in [0.15, 0.2) is 0 Å². The topological polar surface area (TPSA) is 15.3 Å². The molecule has 0 heterocycles. The van der Waals surface area contributed by atoms with Gasteiger partial charge in [-0.1, -0.05) is 41.0 Å². The Hall–Kier alpha value is -0.0800. The third-order valence-electron chi connectivity index (χ3n) is 4.81. The van der Waals surface area contributed by atoms with Crippen LogP contribution in [0.5, 0.6) is 0 Å². The van der Waals surface area contributed by atoms with Gasteiger partial charge in [-0.05, 0) is 56.5 Å². The summed E-state index contributed by atoms with van der Waals surface area (Å²) in [5.41, 5.74) is 0.846. The van der Waals surface area contributed by atoms with Crippen molar-refractivity contribution in [1.82, 2.24) is 10.2 Å². The third-order valence-corrected chi connectivity index (χ3v) is 4.81. The number of nitrogens with zero attached hydrogens (tertiary/aromatic N) is 1. The summed E-state index contributed by atoms with van der Waals surface area (Å²) in [5.74, 6) is 0.907. The highest BCUT2D eigenvalue weighted by atomic mass is 15.1. The van der Waals surface area contributed by atoms with Crippen LogP contribution < -0.4 is 5.32 Å². The molecule has 0 radical (unpaired) electrons. The normalized spacial score (nSPS) is 25.8. The van der Waals surface area contributed by atoms with Gasteiger partial charge in [-0.3, -0.25) is 0 Å². The molecule has 0 aromatic heterocycles. The lowest BCUT2D eigenvalue weighted by molar-refractivity contribution is 0.208. The first-order valence-electron chi connectivity index (χ1n) is 8.48. The van der Waals surface area contributed by atoms with Gasteiger partial charge in [0, 0.05) is 19.1 Å². The average molecular weight is 283 g/mol. The largest absolute Gasteiger partial charge is 0.313 e. The molecule has 120 valence electrons. The van der Waals surface area contributed by atoms with Crippen LogP contribution in [-0.4, -0.2) is 38.1 Å². The van der Waals surface area contributed by atoms with Gasteiger partial charge in [-0.25, -0.2) is 0 Å². The Morgan fingerprint density at radius 2 is 1.60 bits per heavy atom. The van der Waals surface area contributed by atoms with Gasteiger partial charge in [0.1, 0.15) is 0 Å². The molecule has 2 heteroatoms. The van der Waals surface area contributed by atoms with E-state index in [4.69, 9.17) is 0 Å². The van der Waals surface area contributed by atoms with Crippen LogP contribution in [0.2, 0.25) is 0 Å². The second-order valence-corrected chi connectivity index (χ2v) is 9.05. The minimum Gasteiger partial charge on any atom is -0.313 e. The molecule has 2 nitrogen and oxygen atoms in total. The highest BCUT2D eigenvalue weighted by Crippen LogP contribution is 2.36. The number of hydrogen-bond donors (Lipinski definition) is 1. The molecule has 0 aromatic rings. The molecule has 2 atom stereocenters. The first-order valence-corrected chi connectivity index (χ1v) is 8.48. The zero-order valence-electron chi connectivity index (χ0n) is 15.1. The molecular weight excluding hydrogens is 244 g/mol. The zero-order valence-corrected chi connectivity index (χ0v) is 15.1. The third kappa shape index (κ3) is 6.58. The molecule has 0 aromatic carbocycles. The molecule has 1 N–H and O–H groups in total. The maximum Gasteiger partial charge on any atom is 0.00674 e. The predicted molar refractivity (Wildman–Crippen MR) is 90.2 cm³/mol. The Morgan fingerprint density at radius 3 is 2.15 bits per heavy atom. The lowest BCUT2D eigenvalue weighted by Crippen LogP contribution is -2.41. The molecule has 2 unspecified atom stereocenters. The quantitative estimate of drug-likeness (QED) is 0.762. The fourth-order valence-corrected chi connectivity index (χ4v) is 3.70. The fourth-order valence-electron chi connectivity index (χ4n) is 3.70. The highest BCUT2D eigenvalue weighted by Gasteiger charge is 2.28. The molecule has 1 fully saturated rings. The Bertz CT molecular complexity index is 276. The van der Waals surface area contributed by atoms with E-state index in [1.807, 2.05) is 0 Å². The number of rotatable bonds is 5. The maximum absolute atomic E-state index is 3.85. The van der Waals surface area contributed by atoms with Crippen molar-refractivity contribution < 1.29 is 0 Å². The van der Waals surface area contributed by atoms with Crippen LogP contribution in [0.15, 0.2) is 0 Å². The molecular formula is C18H38N2. The van der Waals surface area contributed by atoms with E-state index in [2.05, 4.69) is 58.9 Å². The molecule has 0 saturated heterocycles. The Balaban J connectivity index is 2.39. The van der Waals surface area contributed by atoms with E-state index in [0.717, 1.165) is 25.0 Å². The van der Waals surface area contributed by atoms with Gasteiger partial charge in [0.25, 0.3) is 0 Å². The highest BCUT2D eigenvalue weighted by molar-refractivity contribution is 4.83. The summed E-state index contributed by atoms with van der Waals surface area (Å²) in [7, 11) is 4.34. The number of hydrogen-bond acceptors (Lipinski definition) is 2. The van der Waals surface area contributed by atoms with Crippen molar-refractivity contribution in [1.29, 1.82) is 0 Å². The van der Waals surface area contributed by atoms with Crippen LogP contribution in [0.3, 0.4) is 0 Å². The van der Waals surface area contributed by atoms with Gasteiger partial charge >= 0.3 is 0 Å². The second-order valence-electron chi connectivity index (χ2n) is 9.05. The first kappa shape index (κ1) is 18.0. The summed E-state index contributed by atoms with van der Waals surface area (Å²) in [6.45, 7) is 14.2. The van der Waals surface area contributed by atoms with Crippen LogP contribution in [0.1, 0.15) is 66.7 Å². The van der Waals surface area contributed by atoms with Crippen molar-refractivity contribution in [3.8, 4) is 0 Å². The summed E-state index contributed by atoms with van der Waals surface area (Å²) >= 11 is 0. The number of nitrogens with one attached hydrogen (secondary N) is 1. The molecule has 0 amide bonds. The van der Waals surface area contributed by atoms with Crippen LogP contribution >= 0.6 is 0 Å². The van der Waals surface area contributed by atoms with Crippen molar-refractivity contribution in [2.75, 3.05) is 27.2 Å². The van der Waals surface area contributed by atoms with Crippen molar-refractivity contribution in [2.45, 2.75) is 72.8 Å². The molecule has 0 bridgehead atoms. The lowest BCUT2D eigenvalue weighted by Gasteiger charge is -2.31. The monoisotopic (exact) mass is 282 g/mol. The average Bonchev–Trinajstić information content (AvgIpc) is 2.49. The van der Waals surface area contributed by atoms with Crippen molar-refractivity contribution >= 4 is 0 Å². The summed E-state index contributed by atoms with van der Waals surface area (Å²) in [4.78, 5) is 2.30. The molecule has 1 aliphatic rings. The first-order chi connectivity index (χ1) is 9.10. The standard InChI is InChI=1S/C18H38N2/c1-17(2,3)15-9-8-10-16(12-11-15)19-13-18(4,5)14-20(6)7/h15-16,19H,8-14H2,1-7H3. The Labute approximate surface area is 127 Å². The van der Waals surface area contributed by atoms with E-state index >= 15 is 0 Å². The minimum atomic E-state index is 0.360. The fraction of sp³-hybridized carbons (Fsp3) is 1.00. The van der Waals surface area contributed by atoms with Crippen LogP contribution in [0.25, 0.3) is 0 Å². The van der Waals surface area contributed by atoms with E-state index in [1.165, 1.54) is 32.1 Å². The van der Waals surface area contributed by atoms with Gasteiger partial charge in [-0.15, -0.1) is 0 Å². The lowest BCUT2D eigenvalue weighted by atomic mass is 9.76. The van der Waals surface area contributed by atoms with Crippen LogP contribution in [0.4, 0.5) is 0 Å². The molecule has 0 spiro atoms. The van der Waals surface area contributed by atoms with E-state index in [-0.39, 0.29) is 0 Å². The minimum absolute atomic E-state index is 0.360. The maximum atomic E-state index is 3.85. The second kappa shape index (κ2) is 7.26. The molecule has 20 heavy (non-hydrogen) atoms. The summed E-state index contributed by atoms with van der Waals surface area (Å²) in [6, 6.07) is 0.740. The van der Waals surface area contributed by atoms with Gasteiger partial charge in [0.05, 0.1) is 0 Å². The van der Waals surface area contributed by atoms with Gasteiger partial charge < -0.3 is 10.2 Å². The molecule has 0 aliphatic heterocycles. The predicted octanol–water partition coefficient (Wildman–Crippen LogP) is 4.16. The van der Waals surface area contributed by atoms with Crippen molar-refractivity contribution in [3.63, 3.8) is 0 Å². The Morgan fingerprint density at radius 1 is 0.950 bits per heavy atom. The summed E-state index contributed by atoms with van der Waals surface area (Å²) < 4.78 is 0.